The summed E-state index contributed by atoms with van der Waals surface area (Å²) in [6.45, 7) is 0. The van der Waals surface area contributed by atoms with Gasteiger partial charge in [0.25, 0.3) is 0 Å². The maximum absolute atomic E-state index is 9.22. The van der Waals surface area contributed by atoms with E-state index < -0.39 is 84.1 Å². The molecule has 0 bridgehead atoms. The van der Waals surface area contributed by atoms with Crippen LogP contribution in [0.4, 0.5) is 0 Å². The molecule has 1 aromatic heterocycles. The third-order valence-electron chi connectivity index (χ3n) is 9.18. The van der Waals surface area contributed by atoms with E-state index in [4.69, 9.17) is 19.5 Å². The van der Waals surface area contributed by atoms with E-state index >= 15 is 0 Å². The summed E-state index contributed by atoms with van der Waals surface area (Å²) in [6, 6.07) is 25.3. The van der Waals surface area contributed by atoms with Crippen LogP contribution in [0.5, 0.6) is 0 Å². The van der Waals surface area contributed by atoms with Gasteiger partial charge in [0, 0.05) is 10.8 Å². The van der Waals surface area contributed by atoms with Crippen molar-refractivity contribution in [2.24, 2.45) is 0 Å². The number of fused-ring (bicyclic) bond motifs is 6. The van der Waals surface area contributed by atoms with Crippen LogP contribution in [0, 0.1) is 0 Å². The van der Waals surface area contributed by atoms with Gasteiger partial charge < -0.3 is 4.42 Å². The van der Waals surface area contributed by atoms with Crippen molar-refractivity contribution in [3.05, 3.63) is 182 Å². The van der Waals surface area contributed by atoms with Crippen LogP contribution in [0.1, 0.15) is 17.8 Å². The molecule has 0 saturated heterocycles. The molecule has 0 aliphatic carbocycles. The fourth-order valence-corrected chi connectivity index (χ4v) is 6.87. The molecule has 0 radical (unpaired) electrons. The van der Waals surface area contributed by atoms with Crippen molar-refractivity contribution in [2.75, 3.05) is 0 Å². The predicted octanol–water partition coefficient (Wildman–Crippen LogP) is 13.7. The summed E-state index contributed by atoms with van der Waals surface area (Å²) in [5.74, 6) is 0. The third kappa shape index (κ3) is 4.55. The van der Waals surface area contributed by atoms with Crippen LogP contribution in [-0.4, -0.2) is 0 Å². The summed E-state index contributed by atoms with van der Waals surface area (Å²) < 4.78 is 121. The molecule has 0 aliphatic heterocycles. The van der Waals surface area contributed by atoms with Crippen molar-refractivity contribution in [1.82, 2.24) is 0 Å². The van der Waals surface area contributed by atoms with E-state index in [0.717, 1.165) is 49.4 Å². The zero-order valence-corrected chi connectivity index (χ0v) is 25.7. The van der Waals surface area contributed by atoms with Gasteiger partial charge >= 0.3 is 0 Å². The van der Waals surface area contributed by atoms with Crippen molar-refractivity contribution in [3.63, 3.8) is 0 Å². The number of benzene rings is 9. The molecule has 0 spiro atoms. The number of furan rings is 1. The van der Waals surface area contributed by atoms with Gasteiger partial charge in [-0.1, -0.05) is 151 Å². The van der Waals surface area contributed by atoms with E-state index in [9.17, 15) is 2.74 Å². The van der Waals surface area contributed by atoms with Gasteiger partial charge in [0.15, 0.2) is 0 Å². The van der Waals surface area contributed by atoms with Crippen molar-refractivity contribution in [2.45, 2.75) is 0 Å². The molecule has 0 fully saturated rings. The first-order chi connectivity index (χ1) is 29.7. The molecule has 0 N–H and O–H groups in total. The van der Waals surface area contributed by atoms with E-state index in [2.05, 4.69) is 36.4 Å². The molecule has 0 aliphatic rings. The smallest absolute Gasteiger partial charge is 0.135 e. The average Bonchev–Trinajstić information content (AvgIpc) is 3.66. The minimum Gasteiger partial charge on any atom is -0.456 e. The summed E-state index contributed by atoms with van der Waals surface area (Å²) in [5, 5.41) is 3.38. The van der Waals surface area contributed by atoms with Gasteiger partial charge in [0.2, 0.25) is 0 Å². The van der Waals surface area contributed by atoms with Crippen LogP contribution < -0.4 is 0 Å². The van der Waals surface area contributed by atoms with Gasteiger partial charge in [0.05, 0.1) is 17.8 Å². The average molecular weight is 636 g/mol. The van der Waals surface area contributed by atoms with E-state index in [0.29, 0.717) is 11.1 Å². The topological polar surface area (TPSA) is 13.1 Å². The van der Waals surface area contributed by atoms with E-state index in [1.165, 1.54) is 0 Å². The van der Waals surface area contributed by atoms with E-state index in [1.807, 2.05) is 54.6 Å². The number of rotatable bonds is 4. The lowest BCUT2D eigenvalue weighted by Crippen LogP contribution is -1.90. The highest BCUT2D eigenvalue weighted by Crippen LogP contribution is 2.44. The summed E-state index contributed by atoms with van der Waals surface area (Å²) in [5.41, 5.74) is 4.85. The quantitative estimate of drug-likeness (QED) is 0.175. The SMILES string of the molecule is [2H]c1c([2H])c([2H])c(-c2c3c([2H])c([2H])c([2H])c([2H])c3c(-c3ccc(-c4ccc5oc6ccc(-c7ccc8ccccc8c7)cc6c5c4)cc3)c3c([2H])c([2H])c([2H])c([2H])c23)c([2H])c1[2H]. The largest absolute Gasteiger partial charge is 0.456 e. The van der Waals surface area contributed by atoms with Crippen LogP contribution in [-0.2, 0) is 0 Å². The molecular formula is C48H30O. The van der Waals surface area contributed by atoms with Crippen LogP contribution in [0.2, 0.25) is 0 Å². The van der Waals surface area contributed by atoms with E-state index in [-0.39, 0.29) is 32.7 Å². The van der Waals surface area contributed by atoms with Gasteiger partial charge in [-0.3, -0.25) is 0 Å². The Kier molecular flexibility index (Phi) is 3.99. The van der Waals surface area contributed by atoms with Gasteiger partial charge in [-0.05, 0) is 107 Å². The Balaban J connectivity index is 1.20. The van der Waals surface area contributed by atoms with Crippen LogP contribution in [0.3, 0.4) is 0 Å². The summed E-state index contributed by atoms with van der Waals surface area (Å²) in [6.07, 6.45) is 0. The molecule has 1 nitrogen and oxygen atoms in total. The molecule has 10 aromatic rings. The van der Waals surface area contributed by atoms with Crippen molar-refractivity contribution >= 4 is 54.3 Å². The predicted molar refractivity (Wildman–Crippen MR) is 208 cm³/mol. The van der Waals surface area contributed by atoms with Crippen molar-refractivity contribution in [1.29, 1.82) is 0 Å². The summed E-state index contributed by atoms with van der Waals surface area (Å²) in [7, 11) is 0. The normalized spacial score (nSPS) is 15.4. The molecule has 0 unspecified atom stereocenters. The van der Waals surface area contributed by atoms with Gasteiger partial charge in [-0.15, -0.1) is 0 Å². The highest BCUT2D eigenvalue weighted by molar-refractivity contribution is 6.21. The third-order valence-corrected chi connectivity index (χ3v) is 9.18. The van der Waals surface area contributed by atoms with Crippen LogP contribution in [0.25, 0.3) is 98.8 Å². The fraction of sp³-hybridized carbons (Fsp3) is 0. The summed E-state index contributed by atoms with van der Waals surface area (Å²) in [4.78, 5) is 0. The molecule has 10 rings (SSSR count). The highest BCUT2D eigenvalue weighted by Gasteiger charge is 2.17. The van der Waals surface area contributed by atoms with Crippen LogP contribution >= 0.6 is 0 Å². The van der Waals surface area contributed by atoms with Gasteiger partial charge in [0.1, 0.15) is 11.2 Å². The molecule has 0 atom stereocenters. The first-order valence-corrected chi connectivity index (χ1v) is 15.8. The highest BCUT2D eigenvalue weighted by atomic mass is 16.3. The molecule has 1 heteroatoms. The van der Waals surface area contributed by atoms with Gasteiger partial charge in [-0.2, -0.15) is 0 Å². The van der Waals surface area contributed by atoms with E-state index in [1.54, 1.807) is 12.1 Å². The first-order valence-electron chi connectivity index (χ1n) is 22.3. The van der Waals surface area contributed by atoms with Gasteiger partial charge in [-0.25, -0.2) is 0 Å². The van der Waals surface area contributed by atoms with Crippen molar-refractivity contribution < 1.29 is 22.2 Å². The Morgan fingerprint density at radius 3 is 1.39 bits per heavy atom. The second-order valence-electron chi connectivity index (χ2n) is 11.9. The Morgan fingerprint density at radius 2 is 0.776 bits per heavy atom. The molecule has 49 heavy (non-hydrogen) atoms. The van der Waals surface area contributed by atoms with Crippen LogP contribution in [0.15, 0.2) is 186 Å². The lowest BCUT2D eigenvalue weighted by atomic mass is 9.86. The maximum Gasteiger partial charge on any atom is 0.135 e. The Morgan fingerprint density at radius 1 is 0.327 bits per heavy atom. The number of hydrogen-bond acceptors (Lipinski definition) is 1. The molecular weight excluding hydrogens is 593 g/mol. The molecule has 9 aromatic carbocycles. The minimum atomic E-state index is -0.712. The Bertz CT molecular complexity index is 3500. The second-order valence-corrected chi connectivity index (χ2v) is 11.9. The summed E-state index contributed by atoms with van der Waals surface area (Å²) >= 11 is 0. The zero-order chi connectivity index (χ0) is 43.6. The van der Waals surface area contributed by atoms with Crippen molar-refractivity contribution in [3.8, 4) is 44.5 Å². The lowest BCUT2D eigenvalue weighted by Gasteiger charge is -2.18. The lowest BCUT2D eigenvalue weighted by molar-refractivity contribution is 0.669. The molecule has 0 saturated carbocycles. The fourth-order valence-electron chi connectivity index (χ4n) is 6.87. The Hall–Kier alpha value is -6.44. The maximum atomic E-state index is 9.22. The molecule has 0 amide bonds. The number of hydrogen-bond donors (Lipinski definition) is 0. The first kappa shape index (κ1) is 17.6. The minimum absolute atomic E-state index is 0.0779. The zero-order valence-electron chi connectivity index (χ0n) is 38.7. The second kappa shape index (κ2) is 11.1. The molecule has 1 heterocycles. The Labute approximate surface area is 302 Å². The standard InChI is InChI=1S/C48H30O/c1-2-11-33(12-3-1)47-39-14-6-8-16-41(39)48(42-17-9-7-15-40(42)47)34-21-18-32(19-22-34)37-24-26-45-43(29-37)44-30-38(25-27-46(44)49-45)36-23-20-31-10-4-5-13-35(31)28-36/h1-30H/i1D,2D,3D,6D,7D,8D,9D,11D,12D,14D,15D,16D,17D. The molecule has 228 valence electrons. The monoisotopic (exact) mass is 635 g/mol.